The van der Waals surface area contributed by atoms with Crippen molar-refractivity contribution in [2.24, 2.45) is 10.9 Å². The van der Waals surface area contributed by atoms with Crippen LogP contribution in [0.3, 0.4) is 0 Å². The van der Waals surface area contributed by atoms with Gasteiger partial charge in [-0.3, -0.25) is 9.79 Å². The summed E-state index contributed by atoms with van der Waals surface area (Å²) in [4.78, 5) is 28.0. The Kier molecular flexibility index (Phi) is 6.85. The summed E-state index contributed by atoms with van der Waals surface area (Å²) < 4.78 is 11.1. The standard InChI is InChI=1S/C24H22ClNO4/c1-15(2)14-29-24(28)21-12-18(6-10-22(21)25)23-11-9-20(30-23)13-26-19-7-4-17(5-8-19)16(3)27/h4-13,15H,14H2,1-3H3. The smallest absolute Gasteiger partial charge is 0.339 e. The Hall–Kier alpha value is -3.18. The monoisotopic (exact) mass is 423 g/mol. The van der Waals surface area contributed by atoms with Crippen LogP contribution in [0.25, 0.3) is 11.3 Å². The third kappa shape index (κ3) is 5.45. The number of halogens is 1. The number of ether oxygens (including phenoxy) is 1. The fraction of sp³-hybridized carbons (Fsp3) is 0.208. The van der Waals surface area contributed by atoms with Crippen molar-refractivity contribution in [3.05, 3.63) is 76.5 Å². The van der Waals surface area contributed by atoms with Gasteiger partial charge in [-0.05, 0) is 67.4 Å². The molecule has 0 unspecified atom stereocenters. The van der Waals surface area contributed by atoms with Crippen molar-refractivity contribution in [3.63, 3.8) is 0 Å². The molecule has 154 valence electrons. The molecule has 0 saturated carbocycles. The van der Waals surface area contributed by atoms with E-state index < -0.39 is 5.97 Å². The minimum absolute atomic E-state index is 0.0108. The predicted octanol–water partition coefficient (Wildman–Crippen LogP) is 6.37. The molecule has 1 aromatic heterocycles. The number of carbonyl (C=O) groups excluding carboxylic acids is 2. The maximum atomic E-state index is 12.3. The van der Waals surface area contributed by atoms with Crippen molar-refractivity contribution in [2.75, 3.05) is 6.61 Å². The summed E-state index contributed by atoms with van der Waals surface area (Å²) in [5.74, 6) is 0.925. The maximum Gasteiger partial charge on any atom is 0.339 e. The Labute approximate surface area is 180 Å². The zero-order chi connectivity index (χ0) is 21.7. The van der Waals surface area contributed by atoms with E-state index in [1.165, 1.54) is 6.92 Å². The van der Waals surface area contributed by atoms with Gasteiger partial charge in [0.15, 0.2) is 5.78 Å². The first-order valence-corrected chi connectivity index (χ1v) is 9.93. The average Bonchev–Trinajstić information content (AvgIpc) is 3.20. The number of nitrogens with zero attached hydrogens (tertiary/aromatic N) is 1. The molecule has 0 radical (unpaired) electrons. The molecular formula is C24H22ClNO4. The van der Waals surface area contributed by atoms with E-state index in [0.717, 1.165) is 0 Å². The first kappa shape index (κ1) is 21.5. The SMILES string of the molecule is CC(=O)c1ccc(N=Cc2ccc(-c3ccc(Cl)c(C(=O)OCC(C)C)c3)o2)cc1. The van der Waals surface area contributed by atoms with Gasteiger partial charge in [0.2, 0.25) is 0 Å². The first-order chi connectivity index (χ1) is 14.3. The minimum Gasteiger partial charge on any atom is -0.462 e. The average molecular weight is 424 g/mol. The lowest BCUT2D eigenvalue weighted by Crippen LogP contribution is -2.10. The summed E-state index contributed by atoms with van der Waals surface area (Å²) >= 11 is 6.17. The van der Waals surface area contributed by atoms with Crippen molar-refractivity contribution in [3.8, 4) is 11.3 Å². The van der Waals surface area contributed by atoms with Crippen LogP contribution >= 0.6 is 11.6 Å². The van der Waals surface area contributed by atoms with Gasteiger partial charge < -0.3 is 9.15 Å². The lowest BCUT2D eigenvalue weighted by Gasteiger charge is -2.09. The topological polar surface area (TPSA) is 68.9 Å². The lowest BCUT2D eigenvalue weighted by atomic mass is 10.1. The Morgan fingerprint density at radius 2 is 1.83 bits per heavy atom. The molecule has 0 atom stereocenters. The molecule has 5 nitrogen and oxygen atoms in total. The van der Waals surface area contributed by atoms with Crippen molar-refractivity contribution < 1.29 is 18.7 Å². The van der Waals surface area contributed by atoms with Gasteiger partial charge in [0.25, 0.3) is 0 Å². The van der Waals surface area contributed by atoms with Crippen molar-refractivity contribution >= 4 is 35.3 Å². The van der Waals surface area contributed by atoms with Crippen LogP contribution in [0.4, 0.5) is 5.69 Å². The number of Topliss-reactive ketones (excluding diaryl/α,β-unsaturated/α-hetero) is 1. The molecule has 0 N–H and O–H groups in total. The highest BCUT2D eigenvalue weighted by Gasteiger charge is 2.15. The van der Waals surface area contributed by atoms with Gasteiger partial charge in [-0.1, -0.05) is 25.4 Å². The molecule has 0 bridgehead atoms. The van der Waals surface area contributed by atoms with Gasteiger partial charge >= 0.3 is 5.97 Å². The highest BCUT2D eigenvalue weighted by Crippen LogP contribution is 2.27. The molecule has 0 spiro atoms. The molecule has 6 heteroatoms. The Morgan fingerprint density at radius 3 is 2.50 bits per heavy atom. The number of esters is 1. The second-order valence-electron chi connectivity index (χ2n) is 7.25. The molecule has 2 aromatic carbocycles. The Balaban J connectivity index is 1.76. The van der Waals surface area contributed by atoms with Gasteiger partial charge in [-0.15, -0.1) is 0 Å². The van der Waals surface area contributed by atoms with E-state index in [1.807, 2.05) is 13.8 Å². The predicted molar refractivity (Wildman–Crippen MR) is 118 cm³/mol. The minimum atomic E-state index is -0.460. The number of rotatable bonds is 7. The first-order valence-electron chi connectivity index (χ1n) is 9.55. The fourth-order valence-electron chi connectivity index (χ4n) is 2.65. The summed E-state index contributed by atoms with van der Waals surface area (Å²) in [5.41, 5.74) is 2.35. The van der Waals surface area contributed by atoms with Crippen molar-refractivity contribution in [1.82, 2.24) is 0 Å². The van der Waals surface area contributed by atoms with E-state index in [2.05, 4.69) is 4.99 Å². The summed E-state index contributed by atoms with van der Waals surface area (Å²) in [6.07, 6.45) is 1.60. The maximum absolute atomic E-state index is 12.3. The van der Waals surface area contributed by atoms with Gasteiger partial charge in [-0.25, -0.2) is 4.79 Å². The Bertz CT molecular complexity index is 1080. The van der Waals surface area contributed by atoms with Crippen molar-refractivity contribution in [2.45, 2.75) is 20.8 Å². The molecule has 1 heterocycles. The van der Waals surface area contributed by atoms with Gasteiger partial charge in [0.05, 0.1) is 29.1 Å². The van der Waals surface area contributed by atoms with Crippen LogP contribution in [-0.4, -0.2) is 24.6 Å². The van der Waals surface area contributed by atoms with Crippen LogP contribution in [0.1, 0.15) is 47.2 Å². The summed E-state index contributed by atoms with van der Waals surface area (Å²) in [6.45, 7) is 5.78. The molecule has 0 amide bonds. The van der Waals surface area contributed by atoms with Crippen LogP contribution < -0.4 is 0 Å². The molecular weight excluding hydrogens is 402 g/mol. The summed E-state index contributed by atoms with van der Waals surface area (Å²) in [5, 5.41) is 0.329. The molecule has 3 rings (SSSR count). The zero-order valence-corrected chi connectivity index (χ0v) is 17.8. The molecule has 0 aliphatic rings. The van der Waals surface area contributed by atoms with Crippen LogP contribution in [0.15, 0.2) is 64.0 Å². The van der Waals surface area contributed by atoms with E-state index in [1.54, 1.807) is 60.8 Å². The molecule has 0 fully saturated rings. The number of ketones is 1. The summed E-state index contributed by atoms with van der Waals surface area (Å²) in [7, 11) is 0. The highest BCUT2D eigenvalue weighted by molar-refractivity contribution is 6.33. The number of hydrogen-bond donors (Lipinski definition) is 0. The summed E-state index contributed by atoms with van der Waals surface area (Å²) in [6, 6.07) is 15.7. The number of aliphatic imine (C=N–C) groups is 1. The Morgan fingerprint density at radius 1 is 1.10 bits per heavy atom. The quantitative estimate of drug-likeness (QED) is 0.251. The molecule has 0 aliphatic carbocycles. The van der Waals surface area contributed by atoms with E-state index in [-0.39, 0.29) is 11.7 Å². The fourth-order valence-corrected chi connectivity index (χ4v) is 2.85. The van der Waals surface area contributed by atoms with E-state index in [4.69, 9.17) is 20.8 Å². The molecule has 3 aromatic rings. The van der Waals surface area contributed by atoms with E-state index in [0.29, 0.717) is 45.5 Å². The molecule has 0 aliphatic heterocycles. The second kappa shape index (κ2) is 9.55. The van der Waals surface area contributed by atoms with Gasteiger partial charge in [-0.2, -0.15) is 0 Å². The molecule has 0 saturated heterocycles. The van der Waals surface area contributed by atoms with Crippen LogP contribution in [0, 0.1) is 5.92 Å². The number of furan rings is 1. The second-order valence-corrected chi connectivity index (χ2v) is 7.66. The lowest BCUT2D eigenvalue weighted by molar-refractivity contribution is 0.0459. The third-order valence-electron chi connectivity index (χ3n) is 4.26. The number of benzene rings is 2. The van der Waals surface area contributed by atoms with Crippen molar-refractivity contribution in [1.29, 1.82) is 0 Å². The largest absolute Gasteiger partial charge is 0.462 e. The van der Waals surface area contributed by atoms with Crippen LogP contribution in [-0.2, 0) is 4.74 Å². The van der Waals surface area contributed by atoms with Gasteiger partial charge in [0.1, 0.15) is 11.5 Å². The van der Waals surface area contributed by atoms with E-state index >= 15 is 0 Å². The molecule has 30 heavy (non-hydrogen) atoms. The van der Waals surface area contributed by atoms with E-state index in [9.17, 15) is 9.59 Å². The highest BCUT2D eigenvalue weighted by atomic mass is 35.5. The van der Waals surface area contributed by atoms with Crippen LogP contribution in [0.2, 0.25) is 5.02 Å². The number of carbonyl (C=O) groups is 2. The van der Waals surface area contributed by atoms with Crippen LogP contribution in [0.5, 0.6) is 0 Å². The normalized spacial score (nSPS) is 11.2. The number of hydrogen-bond acceptors (Lipinski definition) is 5. The zero-order valence-electron chi connectivity index (χ0n) is 17.0. The van der Waals surface area contributed by atoms with Gasteiger partial charge in [0, 0.05) is 11.1 Å². The third-order valence-corrected chi connectivity index (χ3v) is 4.59.